The van der Waals surface area contributed by atoms with E-state index in [1.165, 1.54) is 6.26 Å². The normalized spacial score (nSPS) is 23.2. The first-order chi connectivity index (χ1) is 10.7. The molecule has 6 nitrogen and oxygen atoms in total. The first-order valence-electron chi connectivity index (χ1n) is 6.73. The summed E-state index contributed by atoms with van der Waals surface area (Å²) in [6, 6.07) is 1.60. The molecule has 2 fully saturated rings. The van der Waals surface area contributed by atoms with Gasteiger partial charge in [-0.05, 0) is 17.9 Å². The number of hydrogen-bond donors (Lipinski definition) is 2. The van der Waals surface area contributed by atoms with Gasteiger partial charge in [0.25, 0.3) is 5.91 Å². The molecule has 2 atom stereocenters. The molecule has 0 bridgehead atoms. The van der Waals surface area contributed by atoms with E-state index >= 15 is 0 Å². The van der Waals surface area contributed by atoms with E-state index in [2.05, 4.69) is 5.32 Å². The van der Waals surface area contributed by atoms with E-state index in [1.807, 2.05) is 4.90 Å². The monoisotopic (exact) mass is 354 g/mol. The van der Waals surface area contributed by atoms with E-state index in [0.29, 0.717) is 16.9 Å². The van der Waals surface area contributed by atoms with Crippen LogP contribution >= 0.6 is 11.6 Å². The summed E-state index contributed by atoms with van der Waals surface area (Å²) >= 11 is 5.88. The van der Waals surface area contributed by atoms with Crippen molar-refractivity contribution in [3.63, 3.8) is 0 Å². The molecule has 10 heteroatoms. The van der Waals surface area contributed by atoms with Gasteiger partial charge in [0.15, 0.2) is 0 Å². The van der Waals surface area contributed by atoms with Crippen molar-refractivity contribution in [1.29, 1.82) is 0 Å². The van der Waals surface area contributed by atoms with Crippen LogP contribution in [0.5, 0.6) is 0 Å². The van der Waals surface area contributed by atoms with Crippen molar-refractivity contribution < 1.29 is 32.3 Å². The Labute approximate surface area is 134 Å². The van der Waals surface area contributed by atoms with Crippen LogP contribution < -0.4 is 5.32 Å². The number of halogens is 4. The zero-order chi connectivity index (χ0) is 17.2. The Morgan fingerprint density at radius 1 is 1.30 bits per heavy atom. The maximum atomic E-state index is 12.1. The van der Waals surface area contributed by atoms with E-state index in [1.54, 1.807) is 6.07 Å². The molecule has 2 N–H and O–H groups in total. The minimum absolute atomic E-state index is 0.0793. The van der Waals surface area contributed by atoms with Gasteiger partial charge in [0.2, 0.25) is 5.76 Å². The van der Waals surface area contributed by atoms with E-state index in [4.69, 9.17) is 25.9 Å². The molecule has 1 aromatic rings. The number of alkyl halides is 3. The Balaban J connectivity index is 0.000000236. The molecule has 128 valence electrons. The molecule has 3 rings (SSSR count). The second-order valence-corrected chi connectivity index (χ2v) is 5.70. The summed E-state index contributed by atoms with van der Waals surface area (Å²) in [4.78, 5) is 22.8. The van der Waals surface area contributed by atoms with Gasteiger partial charge in [-0.15, -0.1) is 0 Å². The minimum atomic E-state index is -5.08. The largest absolute Gasteiger partial charge is 0.490 e. The number of amides is 1. The smallest absolute Gasteiger partial charge is 0.475 e. The van der Waals surface area contributed by atoms with Crippen LogP contribution in [0.4, 0.5) is 13.2 Å². The molecule has 2 aliphatic rings. The third-order valence-electron chi connectivity index (χ3n) is 3.73. The van der Waals surface area contributed by atoms with Crippen molar-refractivity contribution in [3.05, 3.63) is 23.1 Å². The predicted octanol–water partition coefficient (Wildman–Crippen LogP) is 1.86. The number of rotatable bonds is 1. The van der Waals surface area contributed by atoms with Gasteiger partial charge in [0.05, 0.1) is 11.3 Å². The number of carboxylic acid groups (broad SMARTS) is 1. The van der Waals surface area contributed by atoms with E-state index < -0.39 is 12.1 Å². The number of carbonyl (C=O) groups excluding carboxylic acids is 1. The Kier molecular flexibility index (Phi) is 5.20. The summed E-state index contributed by atoms with van der Waals surface area (Å²) in [5.41, 5.74) is 0. The van der Waals surface area contributed by atoms with Crippen molar-refractivity contribution in [3.8, 4) is 0 Å². The number of carbonyl (C=O) groups is 2. The van der Waals surface area contributed by atoms with Crippen LogP contribution in [0, 0.1) is 11.8 Å². The Morgan fingerprint density at radius 3 is 2.22 bits per heavy atom. The number of aliphatic carboxylic acids is 1. The predicted molar refractivity (Wildman–Crippen MR) is 73.2 cm³/mol. The van der Waals surface area contributed by atoms with Crippen molar-refractivity contribution >= 4 is 23.5 Å². The second kappa shape index (κ2) is 6.79. The van der Waals surface area contributed by atoms with Crippen molar-refractivity contribution in [2.45, 2.75) is 6.18 Å². The summed E-state index contributed by atoms with van der Waals surface area (Å²) in [6.45, 7) is 3.65. The maximum absolute atomic E-state index is 12.1. The lowest BCUT2D eigenvalue weighted by Gasteiger charge is -2.15. The molecule has 1 amide bonds. The van der Waals surface area contributed by atoms with Crippen LogP contribution in [0.2, 0.25) is 5.02 Å². The zero-order valence-corrected chi connectivity index (χ0v) is 12.5. The van der Waals surface area contributed by atoms with Crippen LogP contribution in [0.1, 0.15) is 10.6 Å². The van der Waals surface area contributed by atoms with Crippen LogP contribution in [0.15, 0.2) is 16.7 Å². The van der Waals surface area contributed by atoms with Gasteiger partial charge < -0.3 is 19.7 Å². The third-order valence-corrected chi connectivity index (χ3v) is 4.03. The topological polar surface area (TPSA) is 82.8 Å². The Hall–Kier alpha value is -1.74. The van der Waals surface area contributed by atoms with Gasteiger partial charge in [0, 0.05) is 26.2 Å². The van der Waals surface area contributed by atoms with Crippen LogP contribution in [0.3, 0.4) is 0 Å². The fourth-order valence-corrected chi connectivity index (χ4v) is 2.79. The highest BCUT2D eigenvalue weighted by Gasteiger charge is 2.39. The maximum Gasteiger partial charge on any atom is 0.490 e. The number of likely N-dealkylation sites (tertiary alicyclic amines) is 1. The third kappa shape index (κ3) is 4.17. The highest BCUT2D eigenvalue weighted by molar-refractivity contribution is 6.33. The molecule has 2 aliphatic heterocycles. The minimum Gasteiger partial charge on any atom is -0.475 e. The van der Waals surface area contributed by atoms with Gasteiger partial charge in [-0.2, -0.15) is 13.2 Å². The highest BCUT2D eigenvalue weighted by Crippen LogP contribution is 2.29. The molecule has 3 heterocycles. The molecule has 0 radical (unpaired) electrons. The summed E-state index contributed by atoms with van der Waals surface area (Å²) in [5.74, 6) is -1.37. The number of nitrogens with zero attached hydrogens (tertiary/aromatic N) is 1. The number of hydrogen-bond acceptors (Lipinski definition) is 4. The quantitative estimate of drug-likeness (QED) is 0.804. The first kappa shape index (κ1) is 17.6. The van der Waals surface area contributed by atoms with Gasteiger partial charge in [-0.25, -0.2) is 4.79 Å². The number of fused-ring (bicyclic) bond motifs is 1. The number of furan rings is 1. The molecule has 2 unspecified atom stereocenters. The fourth-order valence-electron chi connectivity index (χ4n) is 2.61. The van der Waals surface area contributed by atoms with E-state index in [9.17, 15) is 18.0 Å². The standard InChI is InChI=1S/C11H13ClN2O2.C2HF3O2/c12-9-1-2-16-10(9)11(15)14-5-7-3-13-4-8(7)6-14;3-2(4,5)1(6)7/h1-2,7-8,13H,3-6H2;(H,6,7). The lowest BCUT2D eigenvalue weighted by Crippen LogP contribution is -2.31. The Morgan fingerprint density at radius 2 is 1.83 bits per heavy atom. The summed E-state index contributed by atoms with van der Waals surface area (Å²) < 4.78 is 36.9. The summed E-state index contributed by atoms with van der Waals surface area (Å²) in [7, 11) is 0. The van der Waals surface area contributed by atoms with Crippen LogP contribution in [-0.2, 0) is 4.79 Å². The number of carboxylic acids is 1. The molecule has 1 aromatic heterocycles. The van der Waals surface area contributed by atoms with Gasteiger partial charge in [-0.1, -0.05) is 11.6 Å². The number of nitrogens with one attached hydrogen (secondary N) is 1. The molecule has 2 saturated heterocycles. The average molecular weight is 355 g/mol. The van der Waals surface area contributed by atoms with Crippen molar-refractivity contribution in [1.82, 2.24) is 10.2 Å². The van der Waals surface area contributed by atoms with Crippen molar-refractivity contribution in [2.75, 3.05) is 26.2 Å². The summed E-state index contributed by atoms with van der Waals surface area (Å²) in [5, 5.41) is 10.9. The SMILES string of the molecule is O=C(O)C(F)(F)F.O=C(c1occc1Cl)N1CC2CNCC2C1. The van der Waals surface area contributed by atoms with Gasteiger partial charge in [0.1, 0.15) is 0 Å². The summed E-state index contributed by atoms with van der Waals surface area (Å²) in [6.07, 6.45) is -3.63. The lowest BCUT2D eigenvalue weighted by molar-refractivity contribution is -0.192. The molecule has 0 aliphatic carbocycles. The van der Waals surface area contributed by atoms with E-state index in [0.717, 1.165) is 26.2 Å². The second-order valence-electron chi connectivity index (χ2n) is 5.29. The molecule has 0 spiro atoms. The average Bonchev–Trinajstić information content (AvgIpc) is 3.11. The molecule has 0 saturated carbocycles. The molecule has 23 heavy (non-hydrogen) atoms. The van der Waals surface area contributed by atoms with Gasteiger partial charge >= 0.3 is 12.1 Å². The molecular formula is C13H14ClF3N2O4. The Bertz CT molecular complexity index is 578. The molecule has 0 aromatic carbocycles. The zero-order valence-electron chi connectivity index (χ0n) is 11.8. The van der Waals surface area contributed by atoms with Gasteiger partial charge in [-0.3, -0.25) is 4.79 Å². The van der Waals surface area contributed by atoms with E-state index in [-0.39, 0.29) is 11.7 Å². The van der Waals surface area contributed by atoms with Crippen LogP contribution in [-0.4, -0.2) is 54.2 Å². The lowest BCUT2D eigenvalue weighted by atomic mass is 10.0. The first-order valence-corrected chi connectivity index (χ1v) is 7.11. The van der Waals surface area contributed by atoms with Crippen LogP contribution in [0.25, 0.3) is 0 Å². The highest BCUT2D eigenvalue weighted by atomic mass is 35.5. The van der Waals surface area contributed by atoms with Crippen molar-refractivity contribution in [2.24, 2.45) is 11.8 Å². The molecular weight excluding hydrogens is 341 g/mol. The fraction of sp³-hybridized carbons (Fsp3) is 0.538.